The molecule has 2 aromatic rings. The topological polar surface area (TPSA) is 41.5 Å². The first-order valence-corrected chi connectivity index (χ1v) is 8.08. The molecule has 0 radical (unpaired) electrons. The molecule has 1 unspecified atom stereocenters. The molecule has 1 aliphatic rings. The van der Waals surface area contributed by atoms with Crippen LogP contribution in [0.15, 0.2) is 42.6 Å². The summed E-state index contributed by atoms with van der Waals surface area (Å²) in [6.07, 6.45) is 2.85. The van der Waals surface area contributed by atoms with Gasteiger partial charge >= 0.3 is 0 Å². The number of aromatic nitrogens is 2. The van der Waals surface area contributed by atoms with Gasteiger partial charge < -0.3 is 14.5 Å². The van der Waals surface area contributed by atoms with Crippen LogP contribution < -0.4 is 4.90 Å². The lowest BCUT2D eigenvalue weighted by atomic mass is 10.1. The maximum Gasteiger partial charge on any atom is 0.135 e. The summed E-state index contributed by atoms with van der Waals surface area (Å²) in [5, 5.41) is 0. The number of anilines is 1. The van der Waals surface area contributed by atoms with E-state index < -0.39 is 0 Å². The summed E-state index contributed by atoms with van der Waals surface area (Å²) in [4.78, 5) is 13.6. The minimum Gasteiger partial charge on any atom is -0.373 e. The van der Waals surface area contributed by atoms with Crippen LogP contribution >= 0.6 is 0 Å². The molecule has 1 saturated heterocycles. The van der Waals surface area contributed by atoms with Gasteiger partial charge in [0.05, 0.1) is 12.7 Å². The fraction of sp³-hybridized carbons (Fsp3) is 0.444. The van der Waals surface area contributed by atoms with Gasteiger partial charge in [-0.1, -0.05) is 30.3 Å². The molecule has 5 nitrogen and oxygen atoms in total. The largest absolute Gasteiger partial charge is 0.373 e. The number of hydrogen-bond donors (Lipinski definition) is 0. The van der Waals surface area contributed by atoms with Gasteiger partial charge in [0.2, 0.25) is 0 Å². The van der Waals surface area contributed by atoms with E-state index in [0.717, 1.165) is 44.3 Å². The van der Waals surface area contributed by atoms with Crippen LogP contribution in [0, 0.1) is 0 Å². The molecule has 2 heterocycles. The maximum atomic E-state index is 5.84. The number of morpholine rings is 1. The van der Waals surface area contributed by atoms with Gasteiger partial charge in [0, 0.05) is 32.3 Å². The second-order valence-electron chi connectivity index (χ2n) is 6.19. The molecule has 1 aliphatic heterocycles. The SMILES string of the molecule is CN(C)CC1CN(c2ccnc(Cc3ccccc3)n2)CCO1. The minimum atomic E-state index is 0.228. The van der Waals surface area contributed by atoms with Gasteiger partial charge in [0.25, 0.3) is 0 Å². The van der Waals surface area contributed by atoms with Crippen molar-refractivity contribution in [3.8, 4) is 0 Å². The molecule has 0 bridgehead atoms. The zero-order valence-corrected chi connectivity index (χ0v) is 13.9. The van der Waals surface area contributed by atoms with Crippen LogP contribution in [0.3, 0.4) is 0 Å². The van der Waals surface area contributed by atoms with Gasteiger partial charge in [0.1, 0.15) is 11.6 Å². The molecule has 1 aromatic heterocycles. The van der Waals surface area contributed by atoms with Crippen LogP contribution in [-0.4, -0.2) is 61.3 Å². The highest BCUT2D eigenvalue weighted by Gasteiger charge is 2.22. The maximum absolute atomic E-state index is 5.84. The number of benzene rings is 1. The molecule has 1 fully saturated rings. The highest BCUT2D eigenvalue weighted by Crippen LogP contribution is 2.16. The average Bonchev–Trinajstić information content (AvgIpc) is 2.56. The minimum absolute atomic E-state index is 0.228. The molecule has 3 rings (SSSR count). The smallest absolute Gasteiger partial charge is 0.135 e. The van der Waals surface area contributed by atoms with E-state index in [1.165, 1.54) is 5.56 Å². The molecule has 0 aliphatic carbocycles. The number of ether oxygens (including phenoxy) is 1. The van der Waals surface area contributed by atoms with Gasteiger partial charge in [0.15, 0.2) is 0 Å². The summed E-state index contributed by atoms with van der Waals surface area (Å²) < 4.78 is 5.84. The predicted octanol–water partition coefficient (Wildman–Crippen LogP) is 1.83. The Kier molecular flexibility index (Phi) is 5.20. The molecule has 0 amide bonds. The molecule has 0 N–H and O–H groups in total. The van der Waals surface area contributed by atoms with Crippen molar-refractivity contribution < 1.29 is 4.74 Å². The molecule has 0 spiro atoms. The van der Waals surface area contributed by atoms with Gasteiger partial charge in [-0.15, -0.1) is 0 Å². The number of likely N-dealkylation sites (N-methyl/N-ethyl adjacent to an activating group) is 1. The predicted molar refractivity (Wildman–Crippen MR) is 91.8 cm³/mol. The Balaban J connectivity index is 1.69. The van der Waals surface area contributed by atoms with Crippen molar-refractivity contribution in [1.29, 1.82) is 0 Å². The highest BCUT2D eigenvalue weighted by molar-refractivity contribution is 5.38. The number of hydrogen-bond acceptors (Lipinski definition) is 5. The van der Waals surface area contributed by atoms with Gasteiger partial charge in [-0.25, -0.2) is 9.97 Å². The second-order valence-corrected chi connectivity index (χ2v) is 6.19. The van der Waals surface area contributed by atoms with E-state index in [4.69, 9.17) is 9.72 Å². The van der Waals surface area contributed by atoms with Crippen LogP contribution in [0.2, 0.25) is 0 Å². The van der Waals surface area contributed by atoms with Crippen LogP contribution in [0.1, 0.15) is 11.4 Å². The van der Waals surface area contributed by atoms with Crippen LogP contribution in [0.25, 0.3) is 0 Å². The number of nitrogens with zero attached hydrogens (tertiary/aromatic N) is 4. The van der Waals surface area contributed by atoms with Gasteiger partial charge in [-0.2, -0.15) is 0 Å². The summed E-state index contributed by atoms with van der Waals surface area (Å²) in [5.74, 6) is 1.86. The van der Waals surface area contributed by atoms with Crippen molar-refractivity contribution in [1.82, 2.24) is 14.9 Å². The van der Waals surface area contributed by atoms with Crippen molar-refractivity contribution >= 4 is 5.82 Å². The van der Waals surface area contributed by atoms with Crippen molar-refractivity contribution in [2.75, 3.05) is 45.2 Å². The van der Waals surface area contributed by atoms with Crippen LogP contribution in [0.4, 0.5) is 5.82 Å². The first-order valence-electron chi connectivity index (χ1n) is 8.08. The van der Waals surface area contributed by atoms with Gasteiger partial charge in [-0.3, -0.25) is 0 Å². The molecular weight excluding hydrogens is 288 g/mol. The fourth-order valence-corrected chi connectivity index (χ4v) is 2.87. The Hall–Kier alpha value is -1.98. The Morgan fingerprint density at radius 2 is 2.04 bits per heavy atom. The highest BCUT2D eigenvalue weighted by atomic mass is 16.5. The monoisotopic (exact) mass is 312 g/mol. The lowest BCUT2D eigenvalue weighted by Gasteiger charge is -2.34. The first kappa shape index (κ1) is 15.9. The van der Waals surface area contributed by atoms with E-state index in [2.05, 4.69) is 41.0 Å². The Morgan fingerprint density at radius 1 is 1.22 bits per heavy atom. The van der Waals surface area contributed by atoms with Crippen molar-refractivity contribution in [2.24, 2.45) is 0 Å². The summed E-state index contributed by atoms with van der Waals surface area (Å²) in [6.45, 7) is 3.43. The average molecular weight is 312 g/mol. The summed E-state index contributed by atoms with van der Waals surface area (Å²) >= 11 is 0. The van der Waals surface area contributed by atoms with Crippen molar-refractivity contribution in [3.63, 3.8) is 0 Å². The zero-order chi connectivity index (χ0) is 16.1. The molecule has 1 aromatic carbocycles. The van der Waals surface area contributed by atoms with Gasteiger partial charge in [-0.05, 0) is 25.7 Å². The third-order valence-corrected chi connectivity index (χ3v) is 3.93. The molecule has 5 heteroatoms. The molecule has 1 atom stereocenters. The molecule has 122 valence electrons. The van der Waals surface area contributed by atoms with Crippen molar-refractivity contribution in [3.05, 3.63) is 54.0 Å². The summed E-state index contributed by atoms with van der Waals surface area (Å²) in [6, 6.07) is 12.3. The molecule has 0 saturated carbocycles. The van der Waals surface area contributed by atoms with Crippen molar-refractivity contribution in [2.45, 2.75) is 12.5 Å². The molecule has 23 heavy (non-hydrogen) atoms. The fourth-order valence-electron chi connectivity index (χ4n) is 2.87. The Labute approximate surface area is 137 Å². The zero-order valence-electron chi connectivity index (χ0n) is 13.9. The summed E-state index contributed by atoms with van der Waals surface area (Å²) in [7, 11) is 4.15. The van der Waals surface area contributed by atoms with E-state index in [1.54, 1.807) is 0 Å². The van der Waals surface area contributed by atoms with E-state index >= 15 is 0 Å². The first-order chi connectivity index (χ1) is 11.2. The third kappa shape index (κ3) is 4.50. The summed E-state index contributed by atoms with van der Waals surface area (Å²) in [5.41, 5.74) is 1.23. The lowest BCUT2D eigenvalue weighted by Crippen LogP contribution is -2.46. The Morgan fingerprint density at radius 3 is 2.83 bits per heavy atom. The quantitative estimate of drug-likeness (QED) is 0.842. The van der Waals surface area contributed by atoms with E-state index in [-0.39, 0.29) is 6.10 Å². The normalized spacial score (nSPS) is 18.4. The third-order valence-electron chi connectivity index (χ3n) is 3.93. The Bertz CT molecular complexity index is 617. The van der Waals surface area contributed by atoms with E-state index in [9.17, 15) is 0 Å². The van der Waals surface area contributed by atoms with E-state index in [1.807, 2.05) is 30.5 Å². The number of rotatable bonds is 5. The van der Waals surface area contributed by atoms with Crippen LogP contribution in [0.5, 0.6) is 0 Å². The standard InChI is InChI=1S/C18H24N4O/c1-21(2)13-16-14-22(10-11-23-16)18-8-9-19-17(20-18)12-15-6-4-3-5-7-15/h3-9,16H,10-14H2,1-2H3. The van der Waals surface area contributed by atoms with E-state index in [0.29, 0.717) is 0 Å². The second kappa shape index (κ2) is 7.53. The lowest BCUT2D eigenvalue weighted by molar-refractivity contribution is 0.0245. The molecular formula is C18H24N4O. The van der Waals surface area contributed by atoms with Crippen LogP contribution in [-0.2, 0) is 11.2 Å².